The molecular weight excluding hydrogens is 575 g/mol. The molecule has 10 heteroatoms. The van der Waals surface area contributed by atoms with Crippen molar-refractivity contribution in [3.05, 3.63) is 69.4 Å². The summed E-state index contributed by atoms with van der Waals surface area (Å²) in [6.07, 6.45) is 3.75. The molecule has 2 aliphatic heterocycles. The lowest BCUT2D eigenvalue weighted by molar-refractivity contribution is -0.128. The van der Waals surface area contributed by atoms with Crippen LogP contribution in [0.1, 0.15) is 93.5 Å². The van der Waals surface area contributed by atoms with Gasteiger partial charge in [-0.1, -0.05) is 28.7 Å². The number of thiophene rings is 1. The van der Waals surface area contributed by atoms with Crippen molar-refractivity contribution in [2.75, 3.05) is 24.5 Å². The van der Waals surface area contributed by atoms with Crippen molar-refractivity contribution in [1.29, 1.82) is 0 Å². The fourth-order valence-electron chi connectivity index (χ4n) is 6.54. The molecule has 2 atom stereocenters. The SMILES string of the molecule is C.C.C[C@@H]1c2ccsc2CCN1C(=O)c1cc(C2CC2)n2nc(-c3ccc(N4CC[C@H](C(C)(C)C(N)=O)C4)cc3F)cc2n1. The normalized spacial score (nSPS) is 19.8. The van der Waals surface area contributed by atoms with Gasteiger partial charge in [0, 0.05) is 58.9 Å². The van der Waals surface area contributed by atoms with Crippen LogP contribution < -0.4 is 10.6 Å². The molecule has 8 nitrogen and oxygen atoms in total. The van der Waals surface area contributed by atoms with E-state index in [9.17, 15) is 9.59 Å². The van der Waals surface area contributed by atoms with Crippen LogP contribution >= 0.6 is 11.3 Å². The Morgan fingerprint density at radius 2 is 1.84 bits per heavy atom. The molecule has 0 spiro atoms. The molecule has 0 radical (unpaired) electrons. The van der Waals surface area contributed by atoms with Crippen molar-refractivity contribution in [3.63, 3.8) is 0 Å². The van der Waals surface area contributed by atoms with E-state index >= 15 is 4.39 Å². The first kappa shape index (κ1) is 31.6. The molecule has 1 aliphatic carbocycles. The van der Waals surface area contributed by atoms with Gasteiger partial charge in [0.05, 0.1) is 11.7 Å². The van der Waals surface area contributed by atoms with Gasteiger partial charge < -0.3 is 15.5 Å². The largest absolute Gasteiger partial charge is 0.371 e. The van der Waals surface area contributed by atoms with Crippen molar-refractivity contribution in [2.24, 2.45) is 17.1 Å². The number of nitrogens with zero attached hydrogens (tertiary/aromatic N) is 5. The average Bonchev–Trinajstić information content (AvgIpc) is 3.34. The first-order valence-corrected chi connectivity index (χ1v) is 15.6. The standard InChI is InChI=1S/C32H35FN6O2S.2CH4/c1-18-22-10-13-42-28(22)9-12-38(18)30(40)26-15-27(19-4-5-19)39-29(35-26)16-25(36-39)23-7-6-21(14-24(23)33)37-11-8-20(17-37)32(2,3)31(34)41;;/h6-7,10,13-16,18-20H,4-5,8-9,11-12,17H2,1-3H3,(H2,34,41);2*1H4/t18-,20+;;/m1../s1. The molecule has 234 valence electrons. The van der Waals surface area contributed by atoms with Gasteiger partial charge in [0.15, 0.2) is 5.65 Å². The Labute approximate surface area is 263 Å². The molecule has 1 saturated heterocycles. The van der Waals surface area contributed by atoms with Crippen LogP contribution in [-0.4, -0.2) is 50.9 Å². The number of anilines is 1. The Kier molecular flexibility index (Phi) is 8.35. The Hall–Kier alpha value is -3.79. The molecule has 5 heterocycles. The maximum absolute atomic E-state index is 15.6. The molecule has 7 rings (SSSR count). The summed E-state index contributed by atoms with van der Waals surface area (Å²) in [5, 5.41) is 6.87. The molecule has 2 N–H and O–H groups in total. The summed E-state index contributed by atoms with van der Waals surface area (Å²) in [7, 11) is 0. The van der Waals surface area contributed by atoms with E-state index in [1.807, 2.05) is 30.9 Å². The second-order valence-electron chi connectivity index (χ2n) is 12.5. The number of primary amides is 1. The Balaban J connectivity index is 0.00000192. The van der Waals surface area contributed by atoms with Crippen molar-refractivity contribution < 1.29 is 14.0 Å². The topological polar surface area (TPSA) is 96.8 Å². The minimum Gasteiger partial charge on any atom is -0.371 e. The van der Waals surface area contributed by atoms with Crippen molar-refractivity contribution in [2.45, 2.75) is 73.3 Å². The monoisotopic (exact) mass is 618 g/mol. The van der Waals surface area contributed by atoms with Gasteiger partial charge in [0.25, 0.3) is 5.91 Å². The molecule has 3 aliphatic rings. The number of fused-ring (bicyclic) bond motifs is 2. The highest BCUT2D eigenvalue weighted by Gasteiger charge is 2.39. The van der Waals surface area contributed by atoms with Gasteiger partial charge in [0.2, 0.25) is 5.91 Å². The number of rotatable bonds is 6. The van der Waals surface area contributed by atoms with Crippen LogP contribution in [0.2, 0.25) is 0 Å². The summed E-state index contributed by atoms with van der Waals surface area (Å²) in [5.41, 5.74) is 9.81. The molecule has 44 heavy (non-hydrogen) atoms. The number of benzene rings is 1. The zero-order valence-electron chi connectivity index (χ0n) is 24.1. The van der Waals surface area contributed by atoms with Gasteiger partial charge in [-0.25, -0.2) is 13.9 Å². The highest BCUT2D eigenvalue weighted by Crippen LogP contribution is 2.42. The molecule has 1 aromatic carbocycles. The number of aromatic nitrogens is 3. The summed E-state index contributed by atoms with van der Waals surface area (Å²) < 4.78 is 17.4. The number of amides is 2. The van der Waals surface area contributed by atoms with Crippen LogP contribution in [0.3, 0.4) is 0 Å². The lowest BCUT2D eigenvalue weighted by atomic mass is 9.78. The summed E-state index contributed by atoms with van der Waals surface area (Å²) in [4.78, 5) is 35.8. The van der Waals surface area contributed by atoms with Crippen molar-refractivity contribution in [3.8, 4) is 11.3 Å². The zero-order valence-corrected chi connectivity index (χ0v) is 25.0. The summed E-state index contributed by atoms with van der Waals surface area (Å²) >= 11 is 1.75. The Morgan fingerprint density at radius 3 is 2.55 bits per heavy atom. The number of hydrogen-bond donors (Lipinski definition) is 1. The van der Waals surface area contributed by atoms with E-state index in [4.69, 9.17) is 15.8 Å². The van der Waals surface area contributed by atoms with E-state index < -0.39 is 5.41 Å². The van der Waals surface area contributed by atoms with E-state index in [1.54, 1.807) is 34.1 Å². The number of carbonyl (C=O) groups excluding carboxylic acids is 2. The molecule has 3 aromatic heterocycles. The highest BCUT2D eigenvalue weighted by molar-refractivity contribution is 7.10. The summed E-state index contributed by atoms with van der Waals surface area (Å²) in [5.74, 6) is -0.331. The number of nitrogens with two attached hydrogens (primary N) is 1. The predicted octanol–water partition coefficient (Wildman–Crippen LogP) is 6.84. The lowest BCUT2D eigenvalue weighted by Crippen LogP contribution is -2.39. The molecule has 0 unspecified atom stereocenters. The molecule has 2 fully saturated rings. The van der Waals surface area contributed by atoms with Crippen LogP contribution in [0, 0.1) is 17.2 Å². The Bertz CT molecular complexity index is 1720. The number of carbonyl (C=O) groups is 2. The van der Waals surface area contributed by atoms with Crippen LogP contribution in [0.25, 0.3) is 16.9 Å². The van der Waals surface area contributed by atoms with Crippen molar-refractivity contribution >= 4 is 34.5 Å². The molecular formula is C34H43FN6O2S. The smallest absolute Gasteiger partial charge is 0.273 e. The molecule has 0 bridgehead atoms. The highest BCUT2D eigenvalue weighted by atomic mass is 32.1. The molecule has 4 aromatic rings. The maximum Gasteiger partial charge on any atom is 0.273 e. The Morgan fingerprint density at radius 1 is 1.07 bits per heavy atom. The second kappa shape index (κ2) is 11.6. The minimum atomic E-state index is -0.616. The fourth-order valence-corrected chi connectivity index (χ4v) is 7.50. The fraction of sp³-hybridized carbons (Fsp3) is 0.471. The van der Waals surface area contributed by atoms with E-state index in [2.05, 4.69) is 23.3 Å². The predicted molar refractivity (Wildman–Crippen MR) is 175 cm³/mol. The summed E-state index contributed by atoms with van der Waals surface area (Å²) in [6, 6.07) is 11.0. The van der Waals surface area contributed by atoms with Crippen molar-refractivity contribution in [1.82, 2.24) is 19.5 Å². The van der Waals surface area contributed by atoms with Crippen LogP contribution in [0.15, 0.2) is 41.8 Å². The molecule has 2 amide bonds. The van der Waals surface area contributed by atoms with Gasteiger partial charge >= 0.3 is 0 Å². The van der Waals surface area contributed by atoms with Gasteiger partial charge in [-0.3, -0.25) is 9.59 Å². The third-order valence-electron chi connectivity index (χ3n) is 9.65. The second-order valence-corrected chi connectivity index (χ2v) is 13.5. The minimum absolute atomic E-state index is 0. The first-order chi connectivity index (χ1) is 20.1. The van der Waals surface area contributed by atoms with E-state index in [0.29, 0.717) is 41.6 Å². The van der Waals surface area contributed by atoms with E-state index in [0.717, 1.165) is 43.6 Å². The number of halogens is 1. The number of hydrogen-bond acceptors (Lipinski definition) is 6. The average molecular weight is 619 g/mol. The first-order valence-electron chi connectivity index (χ1n) is 14.7. The maximum atomic E-state index is 15.6. The van der Waals surface area contributed by atoms with Gasteiger partial charge in [-0.05, 0) is 79.8 Å². The zero-order chi connectivity index (χ0) is 29.3. The third kappa shape index (κ3) is 5.27. The van der Waals surface area contributed by atoms with Gasteiger partial charge in [-0.15, -0.1) is 11.3 Å². The lowest BCUT2D eigenvalue weighted by Gasteiger charge is -2.33. The quantitative estimate of drug-likeness (QED) is 0.255. The van der Waals surface area contributed by atoms with Crippen LogP contribution in [0.5, 0.6) is 0 Å². The van der Waals surface area contributed by atoms with Crippen LogP contribution in [0.4, 0.5) is 10.1 Å². The van der Waals surface area contributed by atoms with E-state index in [1.165, 1.54) is 10.4 Å². The van der Waals surface area contributed by atoms with Gasteiger partial charge in [0.1, 0.15) is 11.5 Å². The third-order valence-corrected chi connectivity index (χ3v) is 10.6. The van der Waals surface area contributed by atoms with Gasteiger partial charge in [-0.2, -0.15) is 5.10 Å². The van der Waals surface area contributed by atoms with E-state index in [-0.39, 0.29) is 44.4 Å². The summed E-state index contributed by atoms with van der Waals surface area (Å²) in [6.45, 7) is 7.89. The molecule has 1 saturated carbocycles. The van der Waals surface area contributed by atoms with Crippen LogP contribution in [-0.2, 0) is 11.2 Å².